The van der Waals surface area contributed by atoms with Gasteiger partial charge in [-0.25, -0.2) is 0 Å². The second-order valence-electron chi connectivity index (χ2n) is 6.74. The molecular weight excluding hydrogens is 380 g/mol. The minimum absolute atomic E-state index is 0.0331. The van der Waals surface area contributed by atoms with E-state index in [4.69, 9.17) is 5.73 Å². The monoisotopic (exact) mass is 398 g/mol. The quantitative estimate of drug-likeness (QED) is 0.413. The van der Waals surface area contributed by atoms with E-state index in [0.29, 0.717) is 11.3 Å². The lowest BCUT2D eigenvalue weighted by Gasteiger charge is -2.21. The SMILES string of the molecule is NC(=O)C(Nc1c(Nc2ccncc2)c(=O)c1=O)c1cccc(-c2ccccc2)c1. The number of hydrogen-bond acceptors (Lipinski definition) is 6. The van der Waals surface area contributed by atoms with Crippen molar-refractivity contribution in [1.29, 1.82) is 0 Å². The molecule has 7 heteroatoms. The zero-order chi connectivity index (χ0) is 21.1. The molecule has 0 saturated heterocycles. The first-order valence-electron chi connectivity index (χ1n) is 9.26. The maximum absolute atomic E-state index is 12.2. The van der Waals surface area contributed by atoms with Gasteiger partial charge in [-0.1, -0.05) is 48.5 Å². The maximum atomic E-state index is 12.2. The molecule has 0 radical (unpaired) electrons. The summed E-state index contributed by atoms with van der Waals surface area (Å²) in [7, 11) is 0. The van der Waals surface area contributed by atoms with Gasteiger partial charge >= 0.3 is 0 Å². The van der Waals surface area contributed by atoms with Crippen molar-refractivity contribution in [2.75, 3.05) is 10.6 Å². The number of amides is 1. The second kappa shape index (κ2) is 8.00. The van der Waals surface area contributed by atoms with Crippen LogP contribution in [0.1, 0.15) is 11.6 Å². The van der Waals surface area contributed by atoms with Gasteiger partial charge in [0.1, 0.15) is 17.4 Å². The molecule has 0 saturated carbocycles. The Labute approximate surface area is 171 Å². The second-order valence-corrected chi connectivity index (χ2v) is 6.74. The number of nitrogens with zero attached hydrogens (tertiary/aromatic N) is 1. The number of aromatic nitrogens is 1. The molecule has 0 aliphatic carbocycles. The molecule has 0 spiro atoms. The van der Waals surface area contributed by atoms with Gasteiger partial charge in [0.25, 0.3) is 10.9 Å². The minimum Gasteiger partial charge on any atom is -0.368 e. The summed E-state index contributed by atoms with van der Waals surface area (Å²) < 4.78 is 0. The van der Waals surface area contributed by atoms with E-state index in [2.05, 4.69) is 15.6 Å². The number of carbonyl (C=O) groups excluding carboxylic acids is 1. The van der Waals surface area contributed by atoms with Gasteiger partial charge in [0.05, 0.1) is 0 Å². The van der Waals surface area contributed by atoms with E-state index in [-0.39, 0.29) is 11.4 Å². The van der Waals surface area contributed by atoms with Gasteiger partial charge in [0.2, 0.25) is 5.91 Å². The van der Waals surface area contributed by atoms with Crippen LogP contribution in [0.4, 0.5) is 17.1 Å². The van der Waals surface area contributed by atoms with Crippen molar-refractivity contribution in [1.82, 2.24) is 4.98 Å². The van der Waals surface area contributed by atoms with Crippen LogP contribution in [0.5, 0.6) is 0 Å². The number of rotatable bonds is 7. The van der Waals surface area contributed by atoms with Crippen molar-refractivity contribution in [2.24, 2.45) is 5.73 Å². The molecule has 1 unspecified atom stereocenters. The Morgan fingerprint density at radius 3 is 2.20 bits per heavy atom. The van der Waals surface area contributed by atoms with Crippen molar-refractivity contribution in [3.05, 3.63) is 105 Å². The first-order valence-corrected chi connectivity index (χ1v) is 9.26. The van der Waals surface area contributed by atoms with Crippen LogP contribution in [-0.2, 0) is 4.79 Å². The molecule has 4 rings (SSSR count). The highest BCUT2D eigenvalue weighted by Gasteiger charge is 2.27. The van der Waals surface area contributed by atoms with Crippen molar-refractivity contribution in [3.63, 3.8) is 0 Å². The average molecular weight is 398 g/mol. The average Bonchev–Trinajstić information content (AvgIpc) is 2.79. The zero-order valence-electron chi connectivity index (χ0n) is 15.8. The molecule has 7 nitrogen and oxygen atoms in total. The first kappa shape index (κ1) is 19.1. The Hall–Kier alpha value is -4.26. The third kappa shape index (κ3) is 3.68. The van der Waals surface area contributed by atoms with Gasteiger partial charge in [-0.05, 0) is 34.9 Å². The predicted octanol–water partition coefficient (Wildman–Crippen LogP) is 2.73. The smallest absolute Gasteiger partial charge is 0.253 e. The number of carbonyl (C=O) groups is 1. The van der Waals surface area contributed by atoms with Gasteiger partial charge in [-0.15, -0.1) is 0 Å². The van der Waals surface area contributed by atoms with Crippen LogP contribution in [-0.4, -0.2) is 10.9 Å². The standard InChI is InChI=1S/C23H18N4O3/c24-23(30)18(16-8-4-7-15(13-16)14-5-2-1-3-6-14)27-20-19(21(28)22(20)29)26-17-9-11-25-12-10-17/h1-13,18,27H,(H2,24,30)(H,25,26). The largest absolute Gasteiger partial charge is 0.368 e. The van der Waals surface area contributed by atoms with Crippen LogP contribution in [0, 0.1) is 0 Å². The molecule has 1 amide bonds. The van der Waals surface area contributed by atoms with Crippen molar-refractivity contribution in [3.8, 4) is 11.1 Å². The molecule has 1 aromatic heterocycles. The van der Waals surface area contributed by atoms with Crippen LogP contribution in [0.3, 0.4) is 0 Å². The van der Waals surface area contributed by atoms with Crippen LogP contribution < -0.4 is 27.2 Å². The third-order valence-corrected chi connectivity index (χ3v) is 4.76. The molecular formula is C23H18N4O3. The Kier molecular flexibility index (Phi) is 5.09. The van der Waals surface area contributed by atoms with Crippen LogP contribution >= 0.6 is 0 Å². The molecule has 3 aromatic carbocycles. The Morgan fingerprint density at radius 1 is 0.833 bits per heavy atom. The lowest BCUT2D eigenvalue weighted by atomic mass is 9.98. The summed E-state index contributed by atoms with van der Waals surface area (Å²) in [6, 6.07) is 19.3. The third-order valence-electron chi connectivity index (χ3n) is 4.76. The van der Waals surface area contributed by atoms with Gasteiger partial charge in [-0.2, -0.15) is 0 Å². The molecule has 0 aliphatic rings. The summed E-state index contributed by atoms with van der Waals surface area (Å²) in [6.07, 6.45) is 3.12. The van der Waals surface area contributed by atoms with Gasteiger partial charge < -0.3 is 16.4 Å². The molecule has 0 bridgehead atoms. The molecule has 4 aromatic rings. The van der Waals surface area contributed by atoms with E-state index in [1.807, 2.05) is 48.5 Å². The Bertz CT molecular complexity index is 1260. The fourth-order valence-corrected chi connectivity index (χ4v) is 3.22. The fraction of sp³-hybridized carbons (Fsp3) is 0.0435. The number of primary amides is 1. The van der Waals surface area contributed by atoms with E-state index in [0.717, 1.165) is 11.1 Å². The highest BCUT2D eigenvalue weighted by atomic mass is 16.2. The molecule has 4 N–H and O–H groups in total. The van der Waals surface area contributed by atoms with Crippen molar-refractivity contribution in [2.45, 2.75) is 6.04 Å². The predicted molar refractivity (Wildman–Crippen MR) is 116 cm³/mol. The molecule has 148 valence electrons. The highest BCUT2D eigenvalue weighted by molar-refractivity contribution is 5.88. The number of benzene rings is 2. The lowest BCUT2D eigenvalue weighted by molar-refractivity contribution is -0.118. The maximum Gasteiger partial charge on any atom is 0.253 e. The van der Waals surface area contributed by atoms with Crippen LogP contribution in [0.25, 0.3) is 11.1 Å². The number of pyridine rings is 1. The Morgan fingerprint density at radius 2 is 1.50 bits per heavy atom. The molecule has 30 heavy (non-hydrogen) atoms. The number of hydrogen-bond donors (Lipinski definition) is 3. The summed E-state index contributed by atoms with van der Waals surface area (Å²) in [5, 5.41) is 5.75. The Balaban J connectivity index is 1.65. The van der Waals surface area contributed by atoms with Gasteiger partial charge in [0.15, 0.2) is 0 Å². The summed E-state index contributed by atoms with van der Waals surface area (Å²) in [6.45, 7) is 0. The minimum atomic E-state index is -0.977. The van der Waals surface area contributed by atoms with E-state index >= 15 is 0 Å². The van der Waals surface area contributed by atoms with E-state index in [9.17, 15) is 14.4 Å². The number of nitrogens with one attached hydrogen (secondary N) is 2. The zero-order valence-corrected chi connectivity index (χ0v) is 15.8. The van der Waals surface area contributed by atoms with E-state index < -0.39 is 22.8 Å². The number of nitrogens with two attached hydrogens (primary N) is 1. The summed E-state index contributed by atoms with van der Waals surface area (Å²) in [5.41, 5.74) is 7.46. The summed E-state index contributed by atoms with van der Waals surface area (Å²) in [4.78, 5) is 40.3. The molecule has 0 fully saturated rings. The van der Waals surface area contributed by atoms with Gasteiger partial charge in [-0.3, -0.25) is 19.4 Å². The molecule has 1 atom stereocenters. The molecule has 0 aliphatic heterocycles. The summed E-state index contributed by atoms with van der Waals surface area (Å²) in [5.74, 6) is -0.664. The first-order chi connectivity index (χ1) is 14.5. The normalized spacial score (nSPS) is 11.7. The van der Waals surface area contributed by atoms with Crippen molar-refractivity contribution >= 4 is 23.0 Å². The lowest BCUT2D eigenvalue weighted by Crippen LogP contribution is -2.39. The topological polar surface area (TPSA) is 114 Å². The van der Waals surface area contributed by atoms with Crippen LogP contribution in [0.2, 0.25) is 0 Å². The highest BCUT2D eigenvalue weighted by Crippen LogP contribution is 2.28. The van der Waals surface area contributed by atoms with Crippen LogP contribution in [0.15, 0.2) is 88.7 Å². The van der Waals surface area contributed by atoms with Gasteiger partial charge in [0, 0.05) is 18.1 Å². The number of anilines is 3. The summed E-state index contributed by atoms with van der Waals surface area (Å²) >= 11 is 0. The fourth-order valence-electron chi connectivity index (χ4n) is 3.22. The molecule has 1 heterocycles. The van der Waals surface area contributed by atoms with E-state index in [1.54, 1.807) is 30.6 Å². The van der Waals surface area contributed by atoms with Crippen molar-refractivity contribution < 1.29 is 4.79 Å². The van der Waals surface area contributed by atoms with E-state index in [1.165, 1.54) is 0 Å².